The van der Waals surface area contributed by atoms with Crippen LogP contribution in [0.2, 0.25) is 15.1 Å². The summed E-state index contributed by atoms with van der Waals surface area (Å²) < 4.78 is 0. The predicted molar refractivity (Wildman–Crippen MR) is 102 cm³/mol. The van der Waals surface area contributed by atoms with Gasteiger partial charge in [-0.15, -0.1) is 0 Å². The predicted octanol–water partition coefficient (Wildman–Crippen LogP) is 5.39. The van der Waals surface area contributed by atoms with E-state index in [1.165, 1.54) is 18.2 Å². The molecule has 4 nitrogen and oxygen atoms in total. The van der Waals surface area contributed by atoms with Gasteiger partial charge in [0, 0.05) is 20.8 Å². The lowest BCUT2D eigenvalue weighted by atomic mass is 10.2. The number of carbonyl (C=O) groups is 2. The Hall–Kier alpha value is -1.72. The maximum absolute atomic E-state index is 12.7. The highest BCUT2D eigenvalue weighted by molar-refractivity contribution is 6.53. The molecular formula is C17H10Cl4N2O2. The maximum atomic E-state index is 12.7. The smallest absolute Gasteiger partial charge is 0.283 e. The number of rotatable bonds is 3. The van der Waals surface area contributed by atoms with Gasteiger partial charge in [0.25, 0.3) is 11.8 Å². The molecule has 0 bridgehead atoms. The van der Waals surface area contributed by atoms with Gasteiger partial charge < -0.3 is 5.32 Å². The fourth-order valence-electron chi connectivity index (χ4n) is 2.33. The van der Waals surface area contributed by atoms with Gasteiger partial charge in [-0.25, -0.2) is 4.90 Å². The van der Waals surface area contributed by atoms with Gasteiger partial charge in [-0.1, -0.05) is 52.5 Å². The Kier molecular flexibility index (Phi) is 4.98. The van der Waals surface area contributed by atoms with Gasteiger partial charge in [0.05, 0.1) is 5.69 Å². The second-order valence-electron chi connectivity index (χ2n) is 5.35. The number of halogens is 4. The highest BCUT2D eigenvalue weighted by Gasteiger charge is 2.39. The minimum atomic E-state index is -0.661. The van der Waals surface area contributed by atoms with E-state index in [2.05, 4.69) is 5.32 Å². The summed E-state index contributed by atoms with van der Waals surface area (Å²) in [6.45, 7) is 1.85. The van der Waals surface area contributed by atoms with Gasteiger partial charge in [0.1, 0.15) is 10.7 Å². The molecule has 1 heterocycles. The molecule has 0 saturated carbocycles. The monoisotopic (exact) mass is 414 g/mol. The standard InChI is InChI=1S/C17H10Cl4N2O2/c1-8-2-3-11(7-13(8)20)22-15-14(21)16(24)23(17(15)25)12-5-9(18)4-10(19)6-12/h2-7,22H,1H3. The van der Waals surface area contributed by atoms with Crippen molar-refractivity contribution in [3.8, 4) is 0 Å². The lowest BCUT2D eigenvalue weighted by Gasteiger charge is -2.16. The Balaban J connectivity index is 1.95. The van der Waals surface area contributed by atoms with Crippen LogP contribution in [-0.2, 0) is 9.59 Å². The third-order valence-electron chi connectivity index (χ3n) is 3.57. The summed E-state index contributed by atoms with van der Waals surface area (Å²) in [5, 5.41) is 3.75. The van der Waals surface area contributed by atoms with Gasteiger partial charge in [0.2, 0.25) is 0 Å². The van der Waals surface area contributed by atoms with E-state index in [-0.39, 0.29) is 16.4 Å². The lowest BCUT2D eigenvalue weighted by molar-refractivity contribution is -0.120. The van der Waals surface area contributed by atoms with E-state index in [0.717, 1.165) is 10.5 Å². The number of hydrogen-bond donors (Lipinski definition) is 1. The summed E-state index contributed by atoms with van der Waals surface area (Å²) in [4.78, 5) is 26.0. The quantitative estimate of drug-likeness (QED) is 0.683. The van der Waals surface area contributed by atoms with Crippen LogP contribution in [0.4, 0.5) is 11.4 Å². The van der Waals surface area contributed by atoms with E-state index >= 15 is 0 Å². The maximum Gasteiger partial charge on any atom is 0.283 e. The van der Waals surface area contributed by atoms with Crippen molar-refractivity contribution in [3.63, 3.8) is 0 Å². The highest BCUT2D eigenvalue weighted by Crippen LogP contribution is 2.33. The molecule has 0 atom stereocenters. The number of amides is 2. The van der Waals surface area contributed by atoms with Crippen molar-refractivity contribution in [2.45, 2.75) is 6.92 Å². The van der Waals surface area contributed by atoms with Crippen molar-refractivity contribution >= 4 is 69.6 Å². The van der Waals surface area contributed by atoms with Crippen LogP contribution in [0.5, 0.6) is 0 Å². The summed E-state index contributed by atoms with van der Waals surface area (Å²) in [6.07, 6.45) is 0. The molecule has 1 aliphatic heterocycles. The molecule has 2 amide bonds. The zero-order valence-corrected chi connectivity index (χ0v) is 15.8. The molecule has 25 heavy (non-hydrogen) atoms. The number of aryl methyl sites for hydroxylation is 1. The van der Waals surface area contributed by atoms with Gasteiger partial charge in [-0.3, -0.25) is 9.59 Å². The zero-order chi connectivity index (χ0) is 18.3. The second kappa shape index (κ2) is 6.89. The van der Waals surface area contributed by atoms with Gasteiger partial charge in [-0.05, 0) is 42.8 Å². The largest absolute Gasteiger partial charge is 0.350 e. The first-order valence-corrected chi connectivity index (χ1v) is 8.57. The van der Waals surface area contributed by atoms with Crippen LogP contribution in [0, 0.1) is 6.92 Å². The number of benzene rings is 2. The Morgan fingerprint density at radius 3 is 2.12 bits per heavy atom. The Bertz CT molecular complexity index is 920. The molecule has 3 rings (SSSR count). The molecule has 0 radical (unpaired) electrons. The van der Waals surface area contributed by atoms with Crippen LogP contribution in [-0.4, -0.2) is 11.8 Å². The summed E-state index contributed by atoms with van der Waals surface area (Å²) in [6, 6.07) is 9.58. The number of hydrogen-bond acceptors (Lipinski definition) is 3. The summed E-state index contributed by atoms with van der Waals surface area (Å²) in [7, 11) is 0. The lowest BCUT2D eigenvalue weighted by Crippen LogP contribution is -2.32. The van der Waals surface area contributed by atoms with E-state index in [0.29, 0.717) is 20.8 Å². The van der Waals surface area contributed by atoms with Crippen LogP contribution in [0.3, 0.4) is 0 Å². The summed E-state index contributed by atoms with van der Waals surface area (Å²) in [5.74, 6) is -1.27. The van der Waals surface area contributed by atoms with Gasteiger partial charge >= 0.3 is 0 Å². The SMILES string of the molecule is Cc1ccc(NC2=C(Cl)C(=O)N(c3cc(Cl)cc(Cl)c3)C2=O)cc1Cl. The Morgan fingerprint density at radius 1 is 0.880 bits per heavy atom. The van der Waals surface area contributed by atoms with Gasteiger partial charge in [0.15, 0.2) is 0 Å². The second-order valence-corrected chi connectivity index (χ2v) is 7.01. The molecule has 1 aliphatic rings. The number of nitrogens with zero attached hydrogens (tertiary/aromatic N) is 1. The summed E-state index contributed by atoms with van der Waals surface area (Å²) >= 11 is 24.1. The molecule has 0 unspecified atom stereocenters. The molecule has 0 saturated heterocycles. The molecular weight excluding hydrogens is 406 g/mol. The third-order valence-corrected chi connectivity index (χ3v) is 4.77. The minimum absolute atomic E-state index is 0.0392. The highest BCUT2D eigenvalue weighted by atomic mass is 35.5. The third kappa shape index (κ3) is 3.48. The Morgan fingerprint density at radius 2 is 1.52 bits per heavy atom. The van der Waals surface area contributed by atoms with E-state index in [1.54, 1.807) is 18.2 Å². The summed E-state index contributed by atoms with van der Waals surface area (Å²) in [5.41, 5.74) is 1.62. The molecule has 0 fully saturated rings. The molecule has 2 aromatic carbocycles. The molecule has 1 N–H and O–H groups in total. The molecule has 0 aliphatic carbocycles. The normalized spacial score (nSPS) is 14.5. The minimum Gasteiger partial charge on any atom is -0.350 e. The van der Waals surface area contributed by atoms with E-state index in [9.17, 15) is 9.59 Å². The number of carbonyl (C=O) groups excluding carboxylic acids is 2. The molecule has 8 heteroatoms. The average molecular weight is 416 g/mol. The van der Waals surface area contributed by atoms with E-state index in [1.807, 2.05) is 6.92 Å². The molecule has 128 valence electrons. The van der Waals surface area contributed by atoms with Crippen LogP contribution in [0.1, 0.15) is 5.56 Å². The molecule has 2 aromatic rings. The van der Waals surface area contributed by atoms with Crippen LogP contribution in [0.15, 0.2) is 47.1 Å². The number of imide groups is 1. The first-order valence-electron chi connectivity index (χ1n) is 7.06. The van der Waals surface area contributed by atoms with Crippen molar-refractivity contribution in [3.05, 3.63) is 67.8 Å². The van der Waals surface area contributed by atoms with Crippen LogP contribution in [0.25, 0.3) is 0 Å². The van der Waals surface area contributed by atoms with E-state index < -0.39 is 11.8 Å². The van der Waals surface area contributed by atoms with Gasteiger partial charge in [-0.2, -0.15) is 0 Å². The first kappa shape index (κ1) is 18.1. The number of nitrogens with one attached hydrogen (secondary N) is 1. The molecule has 0 spiro atoms. The van der Waals surface area contributed by atoms with Crippen molar-refractivity contribution in [1.82, 2.24) is 0 Å². The van der Waals surface area contributed by atoms with Crippen molar-refractivity contribution in [2.24, 2.45) is 0 Å². The Labute approximate surface area is 163 Å². The zero-order valence-electron chi connectivity index (χ0n) is 12.7. The van der Waals surface area contributed by atoms with E-state index in [4.69, 9.17) is 46.4 Å². The topological polar surface area (TPSA) is 49.4 Å². The fourth-order valence-corrected chi connectivity index (χ4v) is 3.24. The van der Waals surface area contributed by atoms with Crippen LogP contribution < -0.4 is 10.2 Å². The average Bonchev–Trinajstić information content (AvgIpc) is 2.73. The fraction of sp³-hybridized carbons (Fsp3) is 0.0588. The van der Waals surface area contributed by atoms with Crippen molar-refractivity contribution in [1.29, 1.82) is 0 Å². The first-order chi connectivity index (χ1) is 11.8. The van der Waals surface area contributed by atoms with Crippen molar-refractivity contribution in [2.75, 3.05) is 10.2 Å². The van der Waals surface area contributed by atoms with Crippen LogP contribution >= 0.6 is 46.4 Å². The molecule has 0 aromatic heterocycles. The van der Waals surface area contributed by atoms with Crippen molar-refractivity contribution < 1.29 is 9.59 Å². The number of anilines is 2.